The summed E-state index contributed by atoms with van der Waals surface area (Å²) in [4.78, 5) is 6.96. The van der Waals surface area contributed by atoms with E-state index in [1.807, 2.05) is 18.2 Å². The zero-order valence-corrected chi connectivity index (χ0v) is 12.6. The van der Waals surface area contributed by atoms with E-state index in [1.54, 1.807) is 0 Å². The van der Waals surface area contributed by atoms with Crippen molar-refractivity contribution >= 4 is 11.5 Å². The number of nitrogens with zero attached hydrogens (tertiary/aromatic N) is 3. The Morgan fingerprint density at radius 2 is 2.10 bits per heavy atom. The molecule has 0 bridgehead atoms. The summed E-state index contributed by atoms with van der Waals surface area (Å²) in [5.74, 6) is 0.801. The van der Waals surface area contributed by atoms with Crippen molar-refractivity contribution in [1.29, 1.82) is 5.26 Å². The Labute approximate surface area is 125 Å². The molecule has 3 rings (SSSR count). The average Bonchev–Trinajstić information content (AvgIpc) is 2.96. The van der Waals surface area contributed by atoms with Gasteiger partial charge >= 0.3 is 0 Å². The van der Waals surface area contributed by atoms with E-state index in [0.717, 1.165) is 43.0 Å². The zero-order valence-electron chi connectivity index (χ0n) is 12.6. The molecule has 0 unspecified atom stereocenters. The fourth-order valence-electron chi connectivity index (χ4n) is 3.05. The Kier molecular flexibility index (Phi) is 3.62. The number of benzene rings is 1. The maximum absolute atomic E-state index is 9.49. The molecule has 0 radical (unpaired) electrons. The third-order valence-corrected chi connectivity index (χ3v) is 4.13. The van der Waals surface area contributed by atoms with Crippen LogP contribution in [0.2, 0.25) is 0 Å². The summed E-state index contributed by atoms with van der Waals surface area (Å²) < 4.78 is 0. The van der Waals surface area contributed by atoms with Crippen LogP contribution in [0.5, 0.6) is 0 Å². The molecule has 21 heavy (non-hydrogen) atoms. The van der Waals surface area contributed by atoms with E-state index >= 15 is 0 Å². The molecule has 1 heterocycles. The summed E-state index contributed by atoms with van der Waals surface area (Å²) in [5.41, 5.74) is 5.42. The second-order valence-corrected chi connectivity index (χ2v) is 5.46. The molecule has 0 amide bonds. The molecular weight excluding hydrogens is 258 g/mol. The van der Waals surface area contributed by atoms with Crippen LogP contribution in [0.1, 0.15) is 35.7 Å². The van der Waals surface area contributed by atoms with Gasteiger partial charge in [-0.05, 0) is 56.4 Å². The Morgan fingerprint density at radius 1 is 1.29 bits per heavy atom. The molecule has 0 atom stereocenters. The van der Waals surface area contributed by atoms with Gasteiger partial charge in [-0.3, -0.25) is 0 Å². The minimum Gasteiger partial charge on any atom is -0.325 e. The van der Waals surface area contributed by atoms with E-state index in [0.29, 0.717) is 5.56 Å². The summed E-state index contributed by atoms with van der Waals surface area (Å²) in [7, 11) is 0. The van der Waals surface area contributed by atoms with Crippen LogP contribution >= 0.6 is 0 Å². The van der Waals surface area contributed by atoms with E-state index in [1.165, 1.54) is 11.1 Å². The molecule has 3 nitrogen and oxygen atoms in total. The fourth-order valence-corrected chi connectivity index (χ4v) is 3.05. The van der Waals surface area contributed by atoms with Crippen molar-refractivity contribution in [3.8, 4) is 6.07 Å². The van der Waals surface area contributed by atoms with Gasteiger partial charge in [-0.25, -0.2) is 4.98 Å². The number of rotatable bonds is 3. The number of fused-ring (bicyclic) bond motifs is 1. The SMILES string of the molecule is CCN(c1ccccc1C)c1nc2c(cc1C#N)CCC2. The van der Waals surface area contributed by atoms with Gasteiger partial charge in [0.2, 0.25) is 0 Å². The molecule has 0 fully saturated rings. The molecule has 0 saturated heterocycles. The Balaban J connectivity index is 2.14. The van der Waals surface area contributed by atoms with Crippen LogP contribution in [0.15, 0.2) is 30.3 Å². The second kappa shape index (κ2) is 5.57. The molecule has 0 N–H and O–H groups in total. The van der Waals surface area contributed by atoms with E-state index in [4.69, 9.17) is 4.98 Å². The lowest BCUT2D eigenvalue weighted by molar-refractivity contribution is 0.894. The van der Waals surface area contributed by atoms with E-state index in [2.05, 4.69) is 36.9 Å². The molecule has 1 aromatic heterocycles. The highest BCUT2D eigenvalue weighted by atomic mass is 15.2. The highest BCUT2D eigenvalue weighted by Crippen LogP contribution is 2.32. The highest BCUT2D eigenvalue weighted by molar-refractivity contribution is 5.69. The Morgan fingerprint density at radius 3 is 2.81 bits per heavy atom. The van der Waals surface area contributed by atoms with Gasteiger partial charge in [0.15, 0.2) is 5.82 Å². The summed E-state index contributed by atoms with van der Waals surface area (Å²) in [6, 6.07) is 12.6. The largest absolute Gasteiger partial charge is 0.325 e. The summed E-state index contributed by atoms with van der Waals surface area (Å²) in [6.07, 6.45) is 3.22. The smallest absolute Gasteiger partial charge is 0.151 e. The van der Waals surface area contributed by atoms with Gasteiger partial charge in [-0.1, -0.05) is 18.2 Å². The molecule has 1 aromatic carbocycles. The number of hydrogen-bond donors (Lipinski definition) is 0. The number of para-hydroxylation sites is 1. The first-order valence-electron chi connectivity index (χ1n) is 7.50. The van der Waals surface area contributed by atoms with Gasteiger partial charge in [0.1, 0.15) is 6.07 Å². The Bertz CT molecular complexity index is 713. The molecule has 0 aliphatic heterocycles. The fraction of sp³-hybridized carbons (Fsp3) is 0.333. The third-order valence-electron chi connectivity index (χ3n) is 4.13. The first-order valence-corrected chi connectivity index (χ1v) is 7.50. The van der Waals surface area contributed by atoms with Crippen molar-refractivity contribution in [3.63, 3.8) is 0 Å². The van der Waals surface area contributed by atoms with Crippen LogP contribution in [-0.4, -0.2) is 11.5 Å². The second-order valence-electron chi connectivity index (χ2n) is 5.46. The maximum atomic E-state index is 9.49. The maximum Gasteiger partial charge on any atom is 0.151 e. The summed E-state index contributed by atoms with van der Waals surface area (Å²) >= 11 is 0. The predicted octanol–water partition coefficient (Wildman–Crippen LogP) is 3.91. The summed E-state index contributed by atoms with van der Waals surface area (Å²) in [6.45, 7) is 4.99. The minimum atomic E-state index is 0.681. The van der Waals surface area contributed by atoms with Crippen molar-refractivity contribution in [2.45, 2.75) is 33.1 Å². The first-order chi connectivity index (χ1) is 10.2. The molecule has 2 aromatic rings. The van der Waals surface area contributed by atoms with Crippen molar-refractivity contribution in [2.75, 3.05) is 11.4 Å². The van der Waals surface area contributed by atoms with Crippen LogP contribution in [0, 0.1) is 18.3 Å². The van der Waals surface area contributed by atoms with Crippen LogP contribution in [-0.2, 0) is 12.8 Å². The highest BCUT2D eigenvalue weighted by Gasteiger charge is 2.20. The third kappa shape index (κ3) is 2.38. The quantitative estimate of drug-likeness (QED) is 0.854. The molecule has 1 aliphatic carbocycles. The topological polar surface area (TPSA) is 39.9 Å². The van der Waals surface area contributed by atoms with Crippen molar-refractivity contribution in [1.82, 2.24) is 4.98 Å². The number of aromatic nitrogens is 1. The van der Waals surface area contributed by atoms with Gasteiger partial charge < -0.3 is 4.90 Å². The average molecular weight is 277 g/mol. The van der Waals surface area contributed by atoms with E-state index in [9.17, 15) is 5.26 Å². The lowest BCUT2D eigenvalue weighted by atomic mass is 10.1. The monoisotopic (exact) mass is 277 g/mol. The van der Waals surface area contributed by atoms with Crippen molar-refractivity contribution in [2.24, 2.45) is 0 Å². The van der Waals surface area contributed by atoms with Gasteiger partial charge in [0.05, 0.1) is 5.56 Å². The molecule has 0 spiro atoms. The number of nitriles is 1. The molecule has 1 aliphatic rings. The minimum absolute atomic E-state index is 0.681. The first kappa shape index (κ1) is 13.6. The zero-order chi connectivity index (χ0) is 14.8. The van der Waals surface area contributed by atoms with Crippen LogP contribution in [0.25, 0.3) is 0 Å². The van der Waals surface area contributed by atoms with E-state index in [-0.39, 0.29) is 0 Å². The number of pyridine rings is 1. The van der Waals surface area contributed by atoms with Gasteiger partial charge in [-0.15, -0.1) is 0 Å². The molecule has 0 saturated carbocycles. The van der Waals surface area contributed by atoms with Gasteiger partial charge in [-0.2, -0.15) is 5.26 Å². The molecular formula is C18H19N3. The number of anilines is 2. The van der Waals surface area contributed by atoms with Crippen LogP contribution in [0.3, 0.4) is 0 Å². The van der Waals surface area contributed by atoms with Gasteiger partial charge in [0, 0.05) is 17.9 Å². The Hall–Kier alpha value is -2.34. The standard InChI is InChI=1S/C18H19N3/c1-3-21(17-10-5-4-7-13(17)2)18-15(12-19)11-14-8-6-9-16(14)20-18/h4-5,7,10-11H,3,6,8-9H2,1-2H3. The number of hydrogen-bond acceptors (Lipinski definition) is 3. The van der Waals surface area contributed by atoms with E-state index < -0.39 is 0 Å². The van der Waals surface area contributed by atoms with Crippen LogP contribution < -0.4 is 4.90 Å². The lowest BCUT2D eigenvalue weighted by Crippen LogP contribution is -2.20. The van der Waals surface area contributed by atoms with Crippen molar-refractivity contribution in [3.05, 3.63) is 52.7 Å². The van der Waals surface area contributed by atoms with Crippen LogP contribution in [0.4, 0.5) is 11.5 Å². The molecule has 3 heteroatoms. The molecule has 106 valence electrons. The van der Waals surface area contributed by atoms with Crippen molar-refractivity contribution < 1.29 is 0 Å². The summed E-state index contributed by atoms with van der Waals surface area (Å²) in [5, 5.41) is 9.49. The number of aryl methyl sites for hydroxylation is 3. The van der Waals surface area contributed by atoms with Gasteiger partial charge in [0.25, 0.3) is 0 Å². The predicted molar refractivity (Wildman–Crippen MR) is 84.8 cm³/mol. The normalized spacial score (nSPS) is 12.8. The lowest BCUT2D eigenvalue weighted by Gasteiger charge is -2.25.